The Balaban J connectivity index is 1.51. The average Bonchev–Trinajstić information content (AvgIpc) is 2.95. The third-order valence-corrected chi connectivity index (χ3v) is 14.8. The molecule has 0 heterocycles. The molecule has 4 fully saturated rings. The zero-order chi connectivity index (χ0) is 32.2. The minimum Gasteiger partial charge on any atom is -0.504 e. The molecule has 5 aliphatic carbocycles. The van der Waals surface area contributed by atoms with Gasteiger partial charge in [-0.15, -0.1) is 0 Å². The summed E-state index contributed by atoms with van der Waals surface area (Å²) < 4.78 is 11.9. The quantitative estimate of drug-likeness (QED) is 0.270. The van der Waals surface area contributed by atoms with E-state index in [4.69, 9.17) is 9.47 Å². The number of esters is 1. The molecule has 6 nitrogen and oxygen atoms in total. The number of aromatic hydroxyl groups is 1. The maximum absolute atomic E-state index is 14.3. The SMILES string of the molecule is COc1cc(C(=O)OC2CC3(C)C4C(C)C(C)CCC4(C)CCC3(C)C3=CCC4C(C)(C)C(O)CC(=O)C4(C)C32)ccc1O. The maximum Gasteiger partial charge on any atom is 0.338 e. The summed E-state index contributed by atoms with van der Waals surface area (Å²) in [5.41, 5.74) is 0.362. The lowest BCUT2D eigenvalue weighted by molar-refractivity contribution is -0.210. The van der Waals surface area contributed by atoms with Crippen molar-refractivity contribution in [2.45, 2.75) is 113 Å². The first-order valence-corrected chi connectivity index (χ1v) is 17.0. The molecule has 11 unspecified atom stereocenters. The third-order valence-electron chi connectivity index (χ3n) is 14.8. The number of ketones is 1. The van der Waals surface area contributed by atoms with Gasteiger partial charge in [-0.05, 0) is 102 Å². The third kappa shape index (κ3) is 4.07. The van der Waals surface area contributed by atoms with E-state index >= 15 is 0 Å². The monoisotopic (exact) mass is 606 g/mol. The normalized spacial score (nSPS) is 46.0. The van der Waals surface area contributed by atoms with Crippen LogP contribution in [0.5, 0.6) is 11.5 Å². The fourth-order valence-corrected chi connectivity index (χ4v) is 11.9. The lowest BCUT2D eigenvalue weighted by Gasteiger charge is -2.72. The number of phenolic OH excluding ortho intramolecular Hbond substituents is 1. The number of carbonyl (C=O) groups is 2. The van der Waals surface area contributed by atoms with Crippen molar-refractivity contribution in [2.24, 2.45) is 56.7 Å². The van der Waals surface area contributed by atoms with Gasteiger partial charge in [0.2, 0.25) is 0 Å². The summed E-state index contributed by atoms with van der Waals surface area (Å²) >= 11 is 0. The Morgan fingerprint density at radius 2 is 1.73 bits per heavy atom. The van der Waals surface area contributed by atoms with Gasteiger partial charge in [0.15, 0.2) is 11.5 Å². The van der Waals surface area contributed by atoms with Crippen molar-refractivity contribution in [3.63, 3.8) is 0 Å². The summed E-state index contributed by atoms with van der Waals surface area (Å²) in [5, 5.41) is 21.3. The number of aliphatic hydroxyl groups excluding tert-OH is 1. The van der Waals surface area contributed by atoms with Crippen LogP contribution in [0.2, 0.25) is 0 Å². The van der Waals surface area contributed by atoms with E-state index in [-0.39, 0.29) is 51.8 Å². The van der Waals surface area contributed by atoms with E-state index in [1.807, 2.05) is 0 Å². The molecule has 2 N–H and O–H groups in total. The molecule has 0 amide bonds. The van der Waals surface area contributed by atoms with Gasteiger partial charge in [0, 0.05) is 17.8 Å². The van der Waals surface area contributed by atoms with Crippen LogP contribution >= 0.6 is 0 Å². The van der Waals surface area contributed by atoms with Crippen LogP contribution in [0, 0.1) is 56.7 Å². The van der Waals surface area contributed by atoms with Crippen LogP contribution < -0.4 is 4.74 Å². The molecule has 44 heavy (non-hydrogen) atoms. The van der Waals surface area contributed by atoms with Crippen molar-refractivity contribution in [1.29, 1.82) is 0 Å². The summed E-state index contributed by atoms with van der Waals surface area (Å²) in [6.45, 7) is 18.6. The molecule has 11 atom stereocenters. The number of ether oxygens (including phenoxy) is 2. The van der Waals surface area contributed by atoms with E-state index < -0.39 is 29.0 Å². The minimum absolute atomic E-state index is 0.0339. The number of aliphatic hydroxyl groups is 1. The minimum atomic E-state index is -0.763. The number of carbonyl (C=O) groups excluding carboxylic acids is 2. The molecular weight excluding hydrogens is 552 g/mol. The van der Waals surface area contributed by atoms with Crippen LogP contribution in [-0.2, 0) is 9.53 Å². The number of methoxy groups -OCH3 is 1. The standard InChI is InChI=1S/C38H54O6/c1-21-14-15-35(5)16-17-36(6)24-11-13-28-34(3,4)29(40)19-30(41)38(28,8)31(24)27(20-37(36,7)32(35)22(21)2)44-33(42)23-10-12-25(39)26(18-23)43-9/h10-12,18,21-22,27-29,31-32,39-40H,13-17,19-20H2,1-9H3. The van der Waals surface area contributed by atoms with Crippen LogP contribution in [0.25, 0.3) is 0 Å². The highest BCUT2D eigenvalue weighted by Gasteiger charge is 2.72. The van der Waals surface area contributed by atoms with Crippen molar-refractivity contribution < 1.29 is 29.3 Å². The first kappa shape index (κ1) is 31.6. The fraction of sp³-hybridized carbons (Fsp3) is 0.737. The molecule has 0 aromatic heterocycles. The van der Waals surface area contributed by atoms with Crippen molar-refractivity contribution in [2.75, 3.05) is 7.11 Å². The number of fused-ring (bicyclic) bond motifs is 7. The predicted molar refractivity (Wildman–Crippen MR) is 170 cm³/mol. The largest absolute Gasteiger partial charge is 0.504 e. The molecule has 0 radical (unpaired) electrons. The Hall–Kier alpha value is -2.34. The van der Waals surface area contributed by atoms with E-state index in [9.17, 15) is 19.8 Å². The summed E-state index contributed by atoms with van der Waals surface area (Å²) in [5.74, 6) is 1.10. The highest BCUT2D eigenvalue weighted by atomic mass is 16.5. The Labute approximate surface area is 264 Å². The molecule has 4 saturated carbocycles. The molecule has 1 aromatic rings. The molecule has 242 valence electrons. The number of benzene rings is 1. The van der Waals surface area contributed by atoms with Crippen LogP contribution in [0.3, 0.4) is 0 Å². The van der Waals surface area contributed by atoms with Gasteiger partial charge < -0.3 is 19.7 Å². The highest BCUT2D eigenvalue weighted by molar-refractivity contribution is 5.91. The van der Waals surface area contributed by atoms with Gasteiger partial charge in [-0.3, -0.25) is 4.79 Å². The van der Waals surface area contributed by atoms with Gasteiger partial charge in [0.1, 0.15) is 11.9 Å². The van der Waals surface area contributed by atoms with E-state index in [1.54, 1.807) is 6.07 Å². The van der Waals surface area contributed by atoms with E-state index in [0.717, 1.165) is 12.8 Å². The number of Topliss-reactive ketones (excluding diaryl/α,β-unsaturated/α-hetero) is 1. The van der Waals surface area contributed by atoms with Crippen LogP contribution in [0.1, 0.15) is 111 Å². The van der Waals surface area contributed by atoms with Gasteiger partial charge in [-0.1, -0.05) is 67.0 Å². The first-order valence-electron chi connectivity index (χ1n) is 17.0. The fourth-order valence-electron chi connectivity index (χ4n) is 11.9. The summed E-state index contributed by atoms with van der Waals surface area (Å²) in [6.07, 6.45) is 7.49. The lowest BCUT2D eigenvalue weighted by atomic mass is 9.33. The van der Waals surface area contributed by atoms with E-state index in [2.05, 4.69) is 61.5 Å². The van der Waals surface area contributed by atoms with Crippen molar-refractivity contribution in [3.8, 4) is 11.5 Å². The molecular formula is C38H54O6. The predicted octanol–water partition coefficient (Wildman–Crippen LogP) is 7.75. The maximum atomic E-state index is 14.3. The zero-order valence-electron chi connectivity index (χ0n) is 28.3. The van der Waals surface area contributed by atoms with Crippen LogP contribution in [0.4, 0.5) is 0 Å². The Morgan fingerprint density at radius 3 is 2.41 bits per heavy atom. The van der Waals surface area contributed by atoms with Crippen molar-refractivity contribution >= 4 is 11.8 Å². The van der Waals surface area contributed by atoms with Gasteiger partial charge >= 0.3 is 5.97 Å². The van der Waals surface area contributed by atoms with Crippen molar-refractivity contribution in [1.82, 2.24) is 0 Å². The van der Waals surface area contributed by atoms with Gasteiger partial charge in [0.05, 0.1) is 18.8 Å². The van der Waals surface area contributed by atoms with Gasteiger partial charge in [0.25, 0.3) is 0 Å². The second kappa shape index (κ2) is 10.1. The van der Waals surface area contributed by atoms with Crippen LogP contribution in [-0.4, -0.2) is 41.3 Å². The molecule has 0 saturated heterocycles. The zero-order valence-corrected chi connectivity index (χ0v) is 28.3. The second-order valence-electron chi connectivity index (χ2n) is 17.0. The molecule has 6 rings (SSSR count). The van der Waals surface area contributed by atoms with Crippen LogP contribution in [0.15, 0.2) is 29.8 Å². The smallest absolute Gasteiger partial charge is 0.338 e. The summed E-state index contributed by atoms with van der Waals surface area (Å²) in [6, 6.07) is 4.57. The Morgan fingerprint density at radius 1 is 1.02 bits per heavy atom. The molecule has 0 bridgehead atoms. The molecule has 6 heteroatoms. The number of rotatable bonds is 3. The van der Waals surface area contributed by atoms with Gasteiger partial charge in [-0.25, -0.2) is 4.79 Å². The number of allylic oxidation sites excluding steroid dienone is 1. The van der Waals surface area contributed by atoms with Crippen molar-refractivity contribution in [3.05, 3.63) is 35.4 Å². The topological polar surface area (TPSA) is 93.1 Å². The number of hydrogen-bond donors (Lipinski definition) is 2. The molecule has 1 aromatic carbocycles. The van der Waals surface area contributed by atoms with E-state index in [0.29, 0.717) is 29.7 Å². The molecule has 0 spiro atoms. The number of phenols is 1. The average molecular weight is 607 g/mol. The van der Waals surface area contributed by atoms with E-state index in [1.165, 1.54) is 44.1 Å². The number of hydrogen-bond acceptors (Lipinski definition) is 6. The van der Waals surface area contributed by atoms with Gasteiger partial charge in [-0.2, -0.15) is 0 Å². The Kier molecular flexibility index (Phi) is 7.25. The summed E-state index contributed by atoms with van der Waals surface area (Å²) in [4.78, 5) is 28.3. The lowest BCUT2D eigenvalue weighted by Crippen LogP contribution is -2.69. The molecule has 0 aliphatic heterocycles. The summed E-state index contributed by atoms with van der Waals surface area (Å²) in [7, 11) is 1.46. The highest BCUT2D eigenvalue weighted by Crippen LogP contribution is 2.75. The Bertz CT molecular complexity index is 1400. The second-order valence-corrected chi connectivity index (χ2v) is 17.0. The molecule has 5 aliphatic rings. The first-order chi connectivity index (χ1) is 20.5.